The van der Waals surface area contributed by atoms with Crippen LogP contribution in [0.2, 0.25) is 0 Å². The Labute approximate surface area is 169 Å². The van der Waals surface area contributed by atoms with Gasteiger partial charge < -0.3 is 0 Å². The fourth-order valence-electron chi connectivity index (χ4n) is 9.19. The molecule has 0 aromatic heterocycles. The van der Waals surface area contributed by atoms with Crippen molar-refractivity contribution in [1.82, 2.24) is 0 Å². The SMILES string of the molecule is CCC1CC2CC3CC4CCCCC4CC3CC2CC1CC1CCCCC1. The molecule has 154 valence electrons. The van der Waals surface area contributed by atoms with Crippen molar-refractivity contribution in [2.24, 2.45) is 53.3 Å². The van der Waals surface area contributed by atoms with Crippen molar-refractivity contribution >= 4 is 0 Å². The van der Waals surface area contributed by atoms with E-state index in [4.69, 9.17) is 0 Å². The minimum atomic E-state index is 1.08. The standard InChI is InChI=1S/C27H46/c1-2-20-13-24-17-25-14-21-10-6-7-11-22(21)15-26(25)18-27(24)16-23(20)12-19-8-4-3-5-9-19/h19-27H,2-18H2,1H3. The number of hydrogen-bond donors (Lipinski definition) is 0. The lowest BCUT2D eigenvalue weighted by atomic mass is 9.52. The highest BCUT2D eigenvalue weighted by atomic mass is 14.5. The number of rotatable bonds is 3. The average molecular weight is 371 g/mol. The molecule has 8 atom stereocenters. The number of hydrogen-bond acceptors (Lipinski definition) is 0. The van der Waals surface area contributed by atoms with E-state index in [-0.39, 0.29) is 0 Å². The van der Waals surface area contributed by atoms with Crippen LogP contribution in [0.5, 0.6) is 0 Å². The molecule has 0 amide bonds. The molecule has 0 aromatic carbocycles. The molecule has 8 unspecified atom stereocenters. The van der Waals surface area contributed by atoms with Crippen molar-refractivity contribution in [3.8, 4) is 0 Å². The van der Waals surface area contributed by atoms with Gasteiger partial charge in [-0.05, 0) is 98.2 Å². The second kappa shape index (κ2) is 8.39. The van der Waals surface area contributed by atoms with E-state index in [2.05, 4.69) is 6.92 Å². The molecule has 0 aliphatic heterocycles. The predicted octanol–water partition coefficient (Wildman–Crippen LogP) is 8.25. The van der Waals surface area contributed by atoms with E-state index in [0.29, 0.717) is 0 Å². The van der Waals surface area contributed by atoms with Crippen molar-refractivity contribution in [2.45, 2.75) is 116 Å². The summed E-state index contributed by atoms with van der Waals surface area (Å²) in [5, 5.41) is 0. The summed E-state index contributed by atoms with van der Waals surface area (Å²) >= 11 is 0. The van der Waals surface area contributed by atoms with Crippen LogP contribution < -0.4 is 0 Å². The topological polar surface area (TPSA) is 0 Å². The monoisotopic (exact) mass is 370 g/mol. The van der Waals surface area contributed by atoms with E-state index in [1.807, 2.05) is 0 Å². The Balaban J connectivity index is 1.23. The average Bonchev–Trinajstić information content (AvgIpc) is 2.71. The van der Waals surface area contributed by atoms with Gasteiger partial charge in [-0.15, -0.1) is 0 Å². The molecular weight excluding hydrogens is 324 g/mol. The van der Waals surface area contributed by atoms with Crippen LogP contribution in [0.1, 0.15) is 116 Å². The highest BCUT2D eigenvalue weighted by Gasteiger charge is 2.47. The van der Waals surface area contributed by atoms with Crippen molar-refractivity contribution in [2.75, 3.05) is 0 Å². The Morgan fingerprint density at radius 3 is 1.56 bits per heavy atom. The molecule has 5 rings (SSSR count). The maximum atomic E-state index is 2.51. The number of fused-ring (bicyclic) bond motifs is 3. The van der Waals surface area contributed by atoms with E-state index < -0.39 is 0 Å². The fraction of sp³-hybridized carbons (Fsp3) is 1.00. The molecule has 5 fully saturated rings. The molecule has 27 heavy (non-hydrogen) atoms. The molecule has 5 aliphatic carbocycles. The summed E-state index contributed by atoms with van der Waals surface area (Å²) in [6.45, 7) is 2.51. The second-order valence-corrected chi connectivity index (χ2v) is 11.9. The molecule has 5 saturated carbocycles. The van der Waals surface area contributed by atoms with Crippen LogP contribution in [0.3, 0.4) is 0 Å². The van der Waals surface area contributed by atoms with Gasteiger partial charge in [0, 0.05) is 0 Å². The summed E-state index contributed by atoms with van der Waals surface area (Å²) in [5.41, 5.74) is 0. The van der Waals surface area contributed by atoms with Crippen molar-refractivity contribution in [3.05, 3.63) is 0 Å². The van der Waals surface area contributed by atoms with Crippen LogP contribution in [0.25, 0.3) is 0 Å². The third kappa shape index (κ3) is 4.02. The molecule has 0 bridgehead atoms. The first-order valence-corrected chi connectivity index (χ1v) is 13.3. The van der Waals surface area contributed by atoms with Crippen molar-refractivity contribution < 1.29 is 0 Å². The van der Waals surface area contributed by atoms with Gasteiger partial charge in [0.05, 0.1) is 0 Å². The van der Waals surface area contributed by atoms with Gasteiger partial charge in [-0.1, -0.05) is 71.1 Å². The molecule has 0 nitrogen and oxygen atoms in total. The third-order valence-electron chi connectivity index (χ3n) is 10.6. The Morgan fingerprint density at radius 2 is 0.963 bits per heavy atom. The zero-order valence-corrected chi connectivity index (χ0v) is 18.2. The van der Waals surface area contributed by atoms with E-state index in [9.17, 15) is 0 Å². The molecule has 0 spiro atoms. The summed E-state index contributed by atoms with van der Waals surface area (Å²) in [6.07, 6.45) is 26.9. The summed E-state index contributed by atoms with van der Waals surface area (Å²) in [4.78, 5) is 0. The van der Waals surface area contributed by atoms with Gasteiger partial charge in [0.25, 0.3) is 0 Å². The van der Waals surface area contributed by atoms with Gasteiger partial charge in [-0.3, -0.25) is 0 Å². The normalized spacial score (nSPS) is 48.3. The van der Waals surface area contributed by atoms with Gasteiger partial charge in [0.2, 0.25) is 0 Å². The zero-order valence-electron chi connectivity index (χ0n) is 18.2. The lowest BCUT2D eigenvalue weighted by Gasteiger charge is -2.53. The minimum Gasteiger partial charge on any atom is -0.0651 e. The predicted molar refractivity (Wildman–Crippen MR) is 116 cm³/mol. The molecule has 0 heteroatoms. The highest BCUT2D eigenvalue weighted by Crippen LogP contribution is 2.57. The van der Waals surface area contributed by atoms with Crippen LogP contribution in [0, 0.1) is 53.3 Å². The van der Waals surface area contributed by atoms with Gasteiger partial charge in [0.15, 0.2) is 0 Å². The molecule has 0 N–H and O–H groups in total. The minimum absolute atomic E-state index is 1.08. The Kier molecular flexibility index (Phi) is 5.90. The first kappa shape index (κ1) is 19.0. The molecule has 5 aliphatic rings. The molecule has 0 radical (unpaired) electrons. The van der Waals surface area contributed by atoms with E-state index in [1.54, 1.807) is 83.5 Å². The molecule has 0 saturated heterocycles. The summed E-state index contributed by atoms with van der Waals surface area (Å²) < 4.78 is 0. The van der Waals surface area contributed by atoms with Crippen LogP contribution in [0.4, 0.5) is 0 Å². The molecule has 0 heterocycles. The Morgan fingerprint density at radius 1 is 0.481 bits per heavy atom. The van der Waals surface area contributed by atoms with E-state index in [1.165, 1.54) is 25.7 Å². The summed E-state index contributed by atoms with van der Waals surface area (Å²) in [6, 6.07) is 0. The maximum absolute atomic E-state index is 2.51. The summed E-state index contributed by atoms with van der Waals surface area (Å²) in [7, 11) is 0. The second-order valence-electron chi connectivity index (χ2n) is 11.9. The van der Waals surface area contributed by atoms with Gasteiger partial charge in [-0.25, -0.2) is 0 Å². The largest absolute Gasteiger partial charge is 0.0651 e. The maximum Gasteiger partial charge on any atom is -0.0380 e. The summed E-state index contributed by atoms with van der Waals surface area (Å²) in [5.74, 6) is 10.1. The van der Waals surface area contributed by atoms with Gasteiger partial charge in [0.1, 0.15) is 0 Å². The van der Waals surface area contributed by atoms with E-state index >= 15 is 0 Å². The fourth-order valence-corrected chi connectivity index (χ4v) is 9.19. The lowest BCUT2D eigenvalue weighted by molar-refractivity contribution is -0.0307. The molecule has 0 aromatic rings. The van der Waals surface area contributed by atoms with Crippen LogP contribution in [0.15, 0.2) is 0 Å². The first-order valence-electron chi connectivity index (χ1n) is 13.3. The van der Waals surface area contributed by atoms with Crippen LogP contribution in [-0.4, -0.2) is 0 Å². The first-order chi connectivity index (χ1) is 13.3. The Bertz CT molecular complexity index is 474. The quantitative estimate of drug-likeness (QED) is 0.469. The van der Waals surface area contributed by atoms with E-state index in [0.717, 1.165) is 53.3 Å². The third-order valence-corrected chi connectivity index (χ3v) is 10.6. The lowest BCUT2D eigenvalue weighted by Crippen LogP contribution is -2.44. The Hall–Kier alpha value is 0. The van der Waals surface area contributed by atoms with Crippen molar-refractivity contribution in [1.29, 1.82) is 0 Å². The zero-order chi connectivity index (χ0) is 18.2. The smallest absolute Gasteiger partial charge is 0.0380 e. The van der Waals surface area contributed by atoms with Crippen molar-refractivity contribution in [3.63, 3.8) is 0 Å². The van der Waals surface area contributed by atoms with Crippen LogP contribution in [-0.2, 0) is 0 Å². The van der Waals surface area contributed by atoms with Gasteiger partial charge >= 0.3 is 0 Å². The van der Waals surface area contributed by atoms with Crippen LogP contribution >= 0.6 is 0 Å². The van der Waals surface area contributed by atoms with Gasteiger partial charge in [-0.2, -0.15) is 0 Å². The highest BCUT2D eigenvalue weighted by molar-refractivity contribution is 4.97. The molecular formula is C27H46.